The first-order valence-corrected chi connectivity index (χ1v) is 9.65. The van der Waals surface area contributed by atoms with E-state index < -0.39 is 0 Å². The zero-order valence-electron chi connectivity index (χ0n) is 13.4. The van der Waals surface area contributed by atoms with Crippen LogP contribution < -0.4 is 0 Å². The maximum Gasteiger partial charge on any atom is 0.227 e. The van der Waals surface area contributed by atoms with Gasteiger partial charge in [0.2, 0.25) is 5.89 Å². The van der Waals surface area contributed by atoms with E-state index >= 15 is 0 Å². The van der Waals surface area contributed by atoms with Crippen molar-refractivity contribution in [1.29, 1.82) is 0 Å². The summed E-state index contributed by atoms with van der Waals surface area (Å²) in [7, 11) is 0. The number of para-hydroxylation sites is 2. The summed E-state index contributed by atoms with van der Waals surface area (Å²) in [5, 5.41) is 10.1. The van der Waals surface area contributed by atoms with E-state index in [0.717, 1.165) is 30.4 Å². The molecule has 0 aliphatic carbocycles. The smallest absolute Gasteiger partial charge is 0.227 e. The second-order valence-electron chi connectivity index (χ2n) is 5.62. The third kappa shape index (κ3) is 3.52. The lowest BCUT2D eigenvalue weighted by atomic mass is 10.2. The van der Waals surface area contributed by atoms with Crippen molar-refractivity contribution >= 4 is 61.5 Å². The number of oxazole rings is 1. The van der Waals surface area contributed by atoms with Gasteiger partial charge in [-0.05, 0) is 71.1 Å². The molecule has 26 heavy (non-hydrogen) atoms. The number of fused-ring (bicyclic) bond motifs is 1. The number of phenols is 1. The Hall–Kier alpha value is -2.19. The van der Waals surface area contributed by atoms with Crippen molar-refractivity contribution < 1.29 is 9.52 Å². The molecule has 0 radical (unpaired) electrons. The Bertz CT molecular complexity index is 1090. The topological polar surface area (TPSA) is 58.6 Å². The van der Waals surface area contributed by atoms with E-state index in [9.17, 15) is 5.11 Å². The second kappa shape index (κ2) is 7.20. The molecule has 0 spiro atoms. The molecule has 0 unspecified atom stereocenters. The number of phenolic OH excluding ortho intramolecular Hbond substituents is 1. The molecule has 0 amide bonds. The monoisotopic (exact) mass is 518 g/mol. The highest BCUT2D eigenvalue weighted by Gasteiger charge is 2.08. The Morgan fingerprint density at radius 2 is 1.85 bits per heavy atom. The van der Waals surface area contributed by atoms with Crippen LogP contribution in [-0.4, -0.2) is 16.3 Å². The van der Waals surface area contributed by atoms with Crippen LogP contribution in [0.5, 0.6) is 5.75 Å². The molecule has 3 aromatic carbocycles. The molecule has 4 aromatic rings. The van der Waals surface area contributed by atoms with Crippen LogP contribution in [0.4, 0.5) is 5.69 Å². The number of hydrogen-bond acceptors (Lipinski definition) is 4. The molecule has 1 heterocycles. The van der Waals surface area contributed by atoms with Crippen LogP contribution in [0.2, 0.25) is 0 Å². The Morgan fingerprint density at radius 3 is 2.62 bits per heavy atom. The average Bonchev–Trinajstić information content (AvgIpc) is 3.08. The van der Waals surface area contributed by atoms with Crippen molar-refractivity contribution in [3.05, 3.63) is 74.3 Å². The number of benzene rings is 3. The van der Waals surface area contributed by atoms with Crippen molar-refractivity contribution in [3.63, 3.8) is 0 Å². The number of aromatic nitrogens is 1. The number of aliphatic imine (C=N–C) groups is 1. The van der Waals surface area contributed by atoms with Crippen molar-refractivity contribution in [2.75, 3.05) is 0 Å². The lowest BCUT2D eigenvalue weighted by Gasteiger charge is -2.03. The molecule has 0 saturated heterocycles. The summed E-state index contributed by atoms with van der Waals surface area (Å²) in [6, 6.07) is 19.0. The third-order valence-electron chi connectivity index (χ3n) is 3.82. The minimum Gasteiger partial charge on any atom is -0.506 e. The first kappa shape index (κ1) is 17.2. The predicted octanol–water partition coefficient (Wildman–Crippen LogP) is 6.32. The molecule has 0 atom stereocenters. The standard InChI is InChI=1S/C20H12BrIN2O2/c21-14-9-13(19(25)16(22)10-14)11-23-15-7-5-12(6-8-15)20-24-17-3-1-2-4-18(17)26-20/h1-11,25H. The number of aromatic hydroxyl groups is 1. The van der Waals surface area contributed by atoms with Gasteiger partial charge in [0.1, 0.15) is 11.3 Å². The van der Waals surface area contributed by atoms with E-state index in [-0.39, 0.29) is 5.75 Å². The summed E-state index contributed by atoms with van der Waals surface area (Å²) >= 11 is 5.52. The molecule has 0 fully saturated rings. The van der Waals surface area contributed by atoms with E-state index in [2.05, 4.69) is 48.5 Å². The van der Waals surface area contributed by atoms with Crippen LogP contribution in [-0.2, 0) is 0 Å². The first-order chi connectivity index (χ1) is 12.6. The van der Waals surface area contributed by atoms with Crippen molar-refractivity contribution in [1.82, 2.24) is 4.98 Å². The highest BCUT2D eigenvalue weighted by atomic mass is 127. The lowest BCUT2D eigenvalue weighted by Crippen LogP contribution is -1.86. The molecule has 4 rings (SSSR count). The minimum absolute atomic E-state index is 0.223. The second-order valence-corrected chi connectivity index (χ2v) is 7.70. The van der Waals surface area contributed by atoms with E-state index in [4.69, 9.17) is 4.42 Å². The lowest BCUT2D eigenvalue weighted by molar-refractivity contribution is 0.470. The maximum absolute atomic E-state index is 10.1. The number of hydrogen-bond donors (Lipinski definition) is 1. The van der Waals surface area contributed by atoms with Crippen LogP contribution in [0.3, 0.4) is 0 Å². The quantitative estimate of drug-likeness (QED) is 0.255. The number of nitrogens with zero attached hydrogens (tertiary/aromatic N) is 2. The molecule has 0 saturated carbocycles. The molecular formula is C20H12BrIN2O2. The van der Waals surface area contributed by atoms with Gasteiger partial charge < -0.3 is 9.52 Å². The number of halogens is 2. The van der Waals surface area contributed by atoms with Crippen LogP contribution in [0.25, 0.3) is 22.6 Å². The summed E-state index contributed by atoms with van der Waals surface area (Å²) in [6.45, 7) is 0. The molecular weight excluding hydrogens is 507 g/mol. The van der Waals surface area contributed by atoms with Crippen molar-refractivity contribution in [2.24, 2.45) is 4.99 Å². The van der Waals surface area contributed by atoms with Gasteiger partial charge in [0.15, 0.2) is 5.58 Å². The van der Waals surface area contributed by atoms with Crippen LogP contribution in [0, 0.1) is 3.57 Å². The molecule has 128 valence electrons. The summed E-state index contributed by atoms with van der Waals surface area (Å²) in [5.41, 5.74) is 3.93. The van der Waals surface area contributed by atoms with E-state index in [0.29, 0.717) is 11.5 Å². The SMILES string of the molecule is Oc1c(I)cc(Br)cc1C=Nc1ccc(-c2nc3ccccc3o2)cc1. The summed E-state index contributed by atoms with van der Waals surface area (Å²) in [5.74, 6) is 0.807. The molecule has 0 bridgehead atoms. The molecule has 6 heteroatoms. The van der Waals surface area contributed by atoms with Gasteiger partial charge in [0.05, 0.1) is 9.26 Å². The Balaban J connectivity index is 1.60. The minimum atomic E-state index is 0.223. The normalized spacial score (nSPS) is 11.5. The van der Waals surface area contributed by atoms with Gasteiger partial charge in [-0.3, -0.25) is 4.99 Å². The van der Waals surface area contributed by atoms with Crippen molar-refractivity contribution in [2.45, 2.75) is 0 Å². The molecule has 0 aliphatic heterocycles. The maximum atomic E-state index is 10.1. The molecule has 0 aliphatic rings. The van der Waals surface area contributed by atoms with Gasteiger partial charge in [-0.1, -0.05) is 28.1 Å². The van der Waals surface area contributed by atoms with Gasteiger partial charge in [-0.2, -0.15) is 0 Å². The Labute approximate surface area is 171 Å². The van der Waals surface area contributed by atoms with Crippen LogP contribution in [0.15, 0.2) is 74.5 Å². The van der Waals surface area contributed by atoms with Gasteiger partial charge >= 0.3 is 0 Å². The summed E-state index contributed by atoms with van der Waals surface area (Å²) in [6.07, 6.45) is 1.65. The molecule has 1 aromatic heterocycles. The molecule has 4 nitrogen and oxygen atoms in total. The average molecular weight is 519 g/mol. The van der Waals surface area contributed by atoms with Crippen molar-refractivity contribution in [3.8, 4) is 17.2 Å². The summed E-state index contributed by atoms with van der Waals surface area (Å²) < 4.78 is 7.44. The fraction of sp³-hybridized carbons (Fsp3) is 0. The predicted molar refractivity (Wildman–Crippen MR) is 115 cm³/mol. The van der Waals surface area contributed by atoms with E-state index in [1.54, 1.807) is 6.21 Å². The third-order valence-corrected chi connectivity index (χ3v) is 5.10. The van der Waals surface area contributed by atoms with E-state index in [1.165, 1.54) is 0 Å². The van der Waals surface area contributed by atoms with Gasteiger partial charge in [-0.15, -0.1) is 0 Å². The van der Waals surface area contributed by atoms with Gasteiger partial charge in [-0.25, -0.2) is 4.98 Å². The first-order valence-electron chi connectivity index (χ1n) is 7.78. The highest BCUT2D eigenvalue weighted by molar-refractivity contribution is 14.1. The fourth-order valence-corrected chi connectivity index (χ4v) is 4.06. The van der Waals surface area contributed by atoms with Crippen LogP contribution in [0.1, 0.15) is 5.56 Å². The zero-order chi connectivity index (χ0) is 18.1. The van der Waals surface area contributed by atoms with Crippen LogP contribution >= 0.6 is 38.5 Å². The number of rotatable bonds is 3. The molecule has 1 N–H and O–H groups in total. The zero-order valence-corrected chi connectivity index (χ0v) is 17.1. The largest absolute Gasteiger partial charge is 0.506 e. The van der Waals surface area contributed by atoms with Gasteiger partial charge in [0.25, 0.3) is 0 Å². The summed E-state index contributed by atoms with van der Waals surface area (Å²) in [4.78, 5) is 8.93. The van der Waals surface area contributed by atoms with Gasteiger partial charge in [0, 0.05) is 21.8 Å². The Kier molecular flexibility index (Phi) is 4.78. The highest BCUT2D eigenvalue weighted by Crippen LogP contribution is 2.29. The Morgan fingerprint density at radius 1 is 1.08 bits per heavy atom. The fourth-order valence-electron chi connectivity index (χ4n) is 2.51. The van der Waals surface area contributed by atoms with E-state index in [1.807, 2.05) is 60.7 Å².